The van der Waals surface area contributed by atoms with Crippen LogP contribution in [0.2, 0.25) is 0 Å². The van der Waals surface area contributed by atoms with Gasteiger partial charge in [0.05, 0.1) is 6.26 Å². The summed E-state index contributed by atoms with van der Waals surface area (Å²) in [5.74, 6) is 2.08. The molecule has 18 heavy (non-hydrogen) atoms. The monoisotopic (exact) mass is 261 g/mol. The van der Waals surface area contributed by atoms with E-state index in [0.29, 0.717) is 6.04 Å². The summed E-state index contributed by atoms with van der Waals surface area (Å²) in [6.45, 7) is 2.11. The number of thioether (sulfide) groups is 1. The van der Waals surface area contributed by atoms with Gasteiger partial charge in [0.2, 0.25) is 0 Å². The molecule has 0 aliphatic rings. The molecule has 0 fully saturated rings. The van der Waals surface area contributed by atoms with Gasteiger partial charge in [-0.3, -0.25) is 0 Å². The fraction of sp³-hybridized carbons (Fsp3) is 0.333. The molecule has 1 aromatic heterocycles. The Hall–Kier alpha value is -1.19. The lowest BCUT2D eigenvalue weighted by Gasteiger charge is -2.14. The number of hydrogen-bond donors (Lipinski definition) is 1. The first-order chi connectivity index (χ1) is 8.78. The molecule has 0 bridgehead atoms. The summed E-state index contributed by atoms with van der Waals surface area (Å²) >= 11 is 1.88. The Labute approximate surface area is 113 Å². The largest absolute Gasteiger partial charge is 0.469 e. The Bertz CT molecular complexity index is 450. The van der Waals surface area contributed by atoms with Crippen LogP contribution >= 0.6 is 11.8 Å². The van der Waals surface area contributed by atoms with Gasteiger partial charge in [0, 0.05) is 23.1 Å². The minimum absolute atomic E-state index is 0.433. The maximum Gasteiger partial charge on any atom is 0.105 e. The van der Waals surface area contributed by atoms with Crippen molar-refractivity contribution >= 4 is 11.8 Å². The summed E-state index contributed by atoms with van der Waals surface area (Å²) in [4.78, 5) is 1.32. The molecule has 0 aliphatic heterocycles. The third-order valence-electron chi connectivity index (χ3n) is 2.91. The Kier molecular flexibility index (Phi) is 4.90. The number of nitrogens with one attached hydrogen (secondary N) is 1. The van der Waals surface area contributed by atoms with Crippen molar-refractivity contribution in [1.29, 1.82) is 0 Å². The summed E-state index contributed by atoms with van der Waals surface area (Å²) in [6.07, 6.45) is 2.66. The predicted molar refractivity (Wildman–Crippen MR) is 77.2 cm³/mol. The third kappa shape index (κ3) is 3.93. The van der Waals surface area contributed by atoms with E-state index in [0.717, 1.165) is 17.9 Å². The minimum atomic E-state index is 0.433. The number of likely N-dealkylation sites (N-methyl/N-ethyl adjacent to an activating group) is 1. The van der Waals surface area contributed by atoms with E-state index in [1.165, 1.54) is 10.5 Å². The van der Waals surface area contributed by atoms with Crippen LogP contribution in [0.5, 0.6) is 0 Å². The molecule has 3 heteroatoms. The van der Waals surface area contributed by atoms with E-state index in [4.69, 9.17) is 4.42 Å². The maximum atomic E-state index is 5.38. The van der Waals surface area contributed by atoms with Crippen LogP contribution in [0.1, 0.15) is 11.3 Å². The molecule has 0 amide bonds. The van der Waals surface area contributed by atoms with E-state index >= 15 is 0 Å². The molecule has 1 unspecified atom stereocenters. The second-order valence-electron chi connectivity index (χ2n) is 4.39. The van der Waals surface area contributed by atoms with Crippen molar-refractivity contribution in [3.8, 4) is 0 Å². The lowest BCUT2D eigenvalue weighted by Crippen LogP contribution is -2.29. The van der Waals surface area contributed by atoms with Crippen molar-refractivity contribution in [2.75, 3.05) is 12.8 Å². The average Bonchev–Trinajstić information content (AvgIpc) is 2.89. The molecular weight excluding hydrogens is 242 g/mol. The highest BCUT2D eigenvalue weighted by molar-refractivity contribution is 7.99. The van der Waals surface area contributed by atoms with Crippen molar-refractivity contribution in [2.45, 2.75) is 24.3 Å². The molecule has 1 aromatic carbocycles. The van der Waals surface area contributed by atoms with Crippen LogP contribution in [-0.2, 0) is 6.42 Å². The molecule has 0 spiro atoms. The predicted octanol–water partition coefficient (Wildman–Crippen LogP) is 3.51. The lowest BCUT2D eigenvalue weighted by molar-refractivity contribution is 0.474. The van der Waals surface area contributed by atoms with E-state index < -0.39 is 0 Å². The van der Waals surface area contributed by atoms with Crippen LogP contribution in [-0.4, -0.2) is 18.8 Å². The molecule has 0 radical (unpaired) electrons. The van der Waals surface area contributed by atoms with Gasteiger partial charge in [0.1, 0.15) is 5.76 Å². The SMILES string of the molecule is CNC(CSc1ccc(C)cc1)Cc1ccco1. The summed E-state index contributed by atoms with van der Waals surface area (Å²) in [5.41, 5.74) is 1.31. The highest BCUT2D eigenvalue weighted by Crippen LogP contribution is 2.20. The summed E-state index contributed by atoms with van der Waals surface area (Å²) in [7, 11) is 2.00. The minimum Gasteiger partial charge on any atom is -0.469 e. The summed E-state index contributed by atoms with van der Waals surface area (Å²) < 4.78 is 5.38. The van der Waals surface area contributed by atoms with Gasteiger partial charge in [-0.1, -0.05) is 17.7 Å². The highest BCUT2D eigenvalue weighted by Gasteiger charge is 2.09. The molecule has 0 saturated heterocycles. The number of aryl methyl sites for hydroxylation is 1. The first-order valence-corrected chi connectivity index (χ1v) is 7.15. The molecular formula is C15H19NOS. The Morgan fingerprint density at radius 3 is 2.61 bits per heavy atom. The first kappa shape index (κ1) is 13.2. The van der Waals surface area contributed by atoms with Crippen LogP contribution in [0.15, 0.2) is 52.0 Å². The van der Waals surface area contributed by atoms with Gasteiger partial charge in [-0.05, 0) is 38.2 Å². The molecule has 1 N–H and O–H groups in total. The number of benzene rings is 1. The summed E-state index contributed by atoms with van der Waals surface area (Å²) in [6, 6.07) is 13.1. The van der Waals surface area contributed by atoms with Gasteiger partial charge in [0.15, 0.2) is 0 Å². The smallest absolute Gasteiger partial charge is 0.105 e. The number of furan rings is 1. The van der Waals surface area contributed by atoms with E-state index in [-0.39, 0.29) is 0 Å². The van der Waals surface area contributed by atoms with Crippen LogP contribution < -0.4 is 5.32 Å². The molecule has 2 rings (SSSR count). The third-order valence-corrected chi connectivity index (χ3v) is 4.08. The van der Waals surface area contributed by atoms with E-state index in [1.807, 2.05) is 30.9 Å². The van der Waals surface area contributed by atoms with Crippen molar-refractivity contribution in [1.82, 2.24) is 5.32 Å². The fourth-order valence-corrected chi connectivity index (χ4v) is 2.75. The second-order valence-corrected chi connectivity index (χ2v) is 5.49. The van der Waals surface area contributed by atoms with E-state index in [9.17, 15) is 0 Å². The van der Waals surface area contributed by atoms with Crippen LogP contribution in [0, 0.1) is 6.92 Å². The standard InChI is InChI=1S/C15H19NOS/c1-12-5-7-15(8-6-12)18-11-13(16-2)10-14-4-3-9-17-14/h3-9,13,16H,10-11H2,1-2H3. The Balaban J connectivity index is 1.85. The molecule has 1 heterocycles. The Morgan fingerprint density at radius 1 is 1.22 bits per heavy atom. The molecule has 0 saturated carbocycles. The normalized spacial score (nSPS) is 12.6. The second kappa shape index (κ2) is 6.66. The van der Waals surface area contributed by atoms with Crippen molar-refractivity contribution < 1.29 is 4.42 Å². The quantitative estimate of drug-likeness (QED) is 0.806. The molecule has 2 nitrogen and oxygen atoms in total. The zero-order valence-electron chi connectivity index (χ0n) is 10.8. The zero-order chi connectivity index (χ0) is 12.8. The van der Waals surface area contributed by atoms with Gasteiger partial charge < -0.3 is 9.73 Å². The van der Waals surface area contributed by atoms with Crippen molar-refractivity contribution in [2.24, 2.45) is 0 Å². The fourth-order valence-electron chi connectivity index (χ4n) is 1.75. The van der Waals surface area contributed by atoms with Gasteiger partial charge in [0.25, 0.3) is 0 Å². The maximum absolute atomic E-state index is 5.38. The topological polar surface area (TPSA) is 25.2 Å². The zero-order valence-corrected chi connectivity index (χ0v) is 11.7. The van der Waals surface area contributed by atoms with Gasteiger partial charge in [-0.15, -0.1) is 11.8 Å². The van der Waals surface area contributed by atoms with Crippen LogP contribution in [0.4, 0.5) is 0 Å². The van der Waals surface area contributed by atoms with E-state index in [1.54, 1.807) is 6.26 Å². The molecule has 96 valence electrons. The summed E-state index contributed by atoms with van der Waals surface area (Å²) in [5, 5.41) is 3.34. The molecule has 1 atom stereocenters. The molecule has 0 aliphatic carbocycles. The number of rotatable bonds is 6. The van der Waals surface area contributed by atoms with Gasteiger partial charge in [-0.2, -0.15) is 0 Å². The number of hydrogen-bond acceptors (Lipinski definition) is 3. The first-order valence-electron chi connectivity index (χ1n) is 6.17. The van der Waals surface area contributed by atoms with Gasteiger partial charge >= 0.3 is 0 Å². The Morgan fingerprint density at radius 2 is 2.00 bits per heavy atom. The van der Waals surface area contributed by atoms with Crippen LogP contribution in [0.3, 0.4) is 0 Å². The van der Waals surface area contributed by atoms with E-state index in [2.05, 4.69) is 36.5 Å². The van der Waals surface area contributed by atoms with Gasteiger partial charge in [-0.25, -0.2) is 0 Å². The molecule has 2 aromatic rings. The highest BCUT2D eigenvalue weighted by atomic mass is 32.2. The van der Waals surface area contributed by atoms with Crippen LogP contribution in [0.25, 0.3) is 0 Å². The average molecular weight is 261 g/mol. The van der Waals surface area contributed by atoms with Crippen molar-refractivity contribution in [3.63, 3.8) is 0 Å². The van der Waals surface area contributed by atoms with Crippen molar-refractivity contribution in [3.05, 3.63) is 54.0 Å². The lowest BCUT2D eigenvalue weighted by atomic mass is 10.2.